The Kier molecular flexibility index (Phi) is 8.84. The highest BCUT2D eigenvalue weighted by Gasteiger charge is 2.34. The second-order valence-electron chi connectivity index (χ2n) is 12.2. The van der Waals surface area contributed by atoms with Gasteiger partial charge in [0.05, 0.1) is 5.69 Å². The zero-order valence-electron chi connectivity index (χ0n) is 23.4. The fraction of sp³-hybridized carbons (Fsp3) is 0.424. The Morgan fingerprint density at radius 3 is 2.03 bits per heavy atom. The van der Waals surface area contributed by atoms with E-state index in [9.17, 15) is 5.11 Å². The van der Waals surface area contributed by atoms with E-state index in [2.05, 4.69) is 91.8 Å². The van der Waals surface area contributed by atoms with Crippen LogP contribution in [0.2, 0.25) is 0 Å². The van der Waals surface area contributed by atoms with E-state index in [-0.39, 0.29) is 16.0 Å². The van der Waals surface area contributed by atoms with Crippen molar-refractivity contribution in [3.63, 3.8) is 0 Å². The number of para-hydroxylation sites is 1. The first-order valence-electron chi connectivity index (χ1n) is 13.2. The van der Waals surface area contributed by atoms with Crippen LogP contribution < -0.4 is 5.30 Å². The molecule has 3 aromatic carbocycles. The van der Waals surface area contributed by atoms with Gasteiger partial charge in [-0.05, 0) is 45.8 Å². The summed E-state index contributed by atoms with van der Waals surface area (Å²) in [7, 11) is 0.507. The molecule has 3 heteroatoms. The number of nitrogens with zero attached hydrogens (tertiary/aromatic N) is 1. The van der Waals surface area contributed by atoms with E-state index in [4.69, 9.17) is 4.99 Å². The van der Waals surface area contributed by atoms with Crippen molar-refractivity contribution < 1.29 is 5.11 Å². The molecule has 0 fully saturated rings. The van der Waals surface area contributed by atoms with Gasteiger partial charge in [-0.15, -0.1) is 0 Å². The number of hydrogen-bond acceptors (Lipinski definition) is 2. The quantitative estimate of drug-likeness (QED) is 0.242. The molecular formula is C33H44NOP. The zero-order chi connectivity index (χ0) is 26.6. The first kappa shape index (κ1) is 28.1. The van der Waals surface area contributed by atoms with Crippen LogP contribution in [0.4, 0.5) is 5.69 Å². The minimum atomic E-state index is -0.182. The Bertz CT molecular complexity index is 1180. The Balaban J connectivity index is 2.14. The number of aromatic hydroxyl groups is 1. The van der Waals surface area contributed by atoms with Crippen molar-refractivity contribution in [2.24, 2.45) is 4.99 Å². The number of phenolic OH excluding ortho intramolecular Hbond substituents is 1. The van der Waals surface area contributed by atoms with Gasteiger partial charge in [0, 0.05) is 22.5 Å². The number of hydrogen-bond donors (Lipinski definition) is 1. The van der Waals surface area contributed by atoms with Crippen molar-refractivity contribution in [3.8, 4) is 5.75 Å². The second-order valence-corrected chi connectivity index (χ2v) is 14.1. The minimum absolute atomic E-state index is 0.00250. The van der Waals surface area contributed by atoms with E-state index >= 15 is 0 Å². The molecule has 2 unspecified atom stereocenters. The van der Waals surface area contributed by atoms with Crippen molar-refractivity contribution in [1.29, 1.82) is 0 Å². The van der Waals surface area contributed by atoms with Gasteiger partial charge in [0.25, 0.3) is 0 Å². The molecule has 0 amide bonds. The summed E-state index contributed by atoms with van der Waals surface area (Å²) >= 11 is 0. The first-order chi connectivity index (χ1) is 16.8. The number of aliphatic imine (C=N–C) groups is 1. The molecular weight excluding hydrogens is 457 g/mol. The maximum atomic E-state index is 11.7. The summed E-state index contributed by atoms with van der Waals surface area (Å²) in [6.45, 7) is 18.0. The molecule has 1 N–H and O–H groups in total. The predicted octanol–water partition coefficient (Wildman–Crippen LogP) is 9.15. The van der Waals surface area contributed by atoms with E-state index < -0.39 is 0 Å². The van der Waals surface area contributed by atoms with Crippen molar-refractivity contribution in [2.45, 2.75) is 90.6 Å². The van der Waals surface area contributed by atoms with E-state index in [1.807, 2.05) is 36.5 Å². The fourth-order valence-electron chi connectivity index (χ4n) is 4.53. The minimum Gasteiger partial charge on any atom is -0.507 e. The smallest absolute Gasteiger partial charge is 0.123 e. The van der Waals surface area contributed by atoms with Gasteiger partial charge in [0.15, 0.2) is 0 Å². The summed E-state index contributed by atoms with van der Waals surface area (Å²) in [6, 6.07) is 23.2. The van der Waals surface area contributed by atoms with Gasteiger partial charge in [-0.3, -0.25) is 4.99 Å². The molecule has 0 aliphatic heterocycles. The molecule has 2 atom stereocenters. The first-order valence-corrected chi connectivity index (χ1v) is 14.2. The summed E-state index contributed by atoms with van der Waals surface area (Å²) in [5, 5.41) is 12.8. The number of rotatable bonds is 8. The van der Waals surface area contributed by atoms with Crippen molar-refractivity contribution >= 4 is 25.8 Å². The van der Waals surface area contributed by atoms with Crippen LogP contribution >= 0.6 is 8.58 Å². The van der Waals surface area contributed by atoms with Crippen LogP contribution in [0.3, 0.4) is 0 Å². The molecule has 0 bridgehead atoms. The Hall–Kier alpha value is -2.44. The Morgan fingerprint density at radius 1 is 0.806 bits per heavy atom. The Labute approximate surface area is 221 Å². The lowest BCUT2D eigenvalue weighted by molar-refractivity contribution is 0.425. The van der Waals surface area contributed by atoms with Crippen LogP contribution in [0.25, 0.3) is 0 Å². The SMILES string of the molecule is CCCCC(C)(Pc1ccccc1/C=N/c1ccccc1)c1cc(C(C)(C)C)cc(C(C)(C)C)c1O. The number of phenols is 1. The molecule has 0 aliphatic rings. The molecule has 0 aromatic heterocycles. The van der Waals surface area contributed by atoms with Crippen LogP contribution in [0.15, 0.2) is 71.7 Å². The van der Waals surface area contributed by atoms with Crippen molar-refractivity contribution in [2.75, 3.05) is 0 Å². The van der Waals surface area contributed by atoms with E-state index in [1.54, 1.807) is 0 Å². The van der Waals surface area contributed by atoms with Crippen LogP contribution in [-0.4, -0.2) is 11.3 Å². The summed E-state index contributed by atoms with van der Waals surface area (Å²) < 4.78 is 0. The molecule has 3 rings (SSSR count). The molecule has 2 nitrogen and oxygen atoms in total. The standard InChI is InChI=1S/C33H44NOP/c1-9-10-20-33(8,28-22-25(31(2,3)4)21-27(30(28)35)32(5,6)7)36-29-19-15-14-16-24(29)23-34-26-17-12-11-13-18-26/h11-19,21-23,35-36H,9-10,20H2,1-8H3/b34-23+. The topological polar surface area (TPSA) is 32.6 Å². The maximum Gasteiger partial charge on any atom is 0.123 e. The van der Waals surface area contributed by atoms with Crippen LogP contribution in [0, 0.1) is 0 Å². The van der Waals surface area contributed by atoms with Gasteiger partial charge >= 0.3 is 0 Å². The lowest BCUT2D eigenvalue weighted by Crippen LogP contribution is -2.25. The molecule has 0 spiro atoms. The van der Waals surface area contributed by atoms with E-state index in [0.717, 1.165) is 41.6 Å². The normalized spacial score (nSPS) is 14.6. The molecule has 3 aromatic rings. The molecule has 0 heterocycles. The lowest BCUT2D eigenvalue weighted by Gasteiger charge is -2.36. The average Bonchev–Trinajstić information content (AvgIpc) is 2.81. The predicted molar refractivity (Wildman–Crippen MR) is 160 cm³/mol. The zero-order valence-corrected chi connectivity index (χ0v) is 24.4. The van der Waals surface area contributed by atoms with Gasteiger partial charge in [-0.25, -0.2) is 0 Å². The summed E-state index contributed by atoms with van der Waals surface area (Å²) in [6.07, 6.45) is 5.26. The monoisotopic (exact) mass is 501 g/mol. The van der Waals surface area contributed by atoms with Crippen molar-refractivity contribution in [3.05, 3.63) is 89.0 Å². The highest BCUT2D eigenvalue weighted by molar-refractivity contribution is 7.48. The molecule has 36 heavy (non-hydrogen) atoms. The van der Waals surface area contributed by atoms with Crippen LogP contribution in [0.1, 0.15) is 96.9 Å². The lowest BCUT2D eigenvalue weighted by atomic mass is 9.77. The third kappa shape index (κ3) is 6.86. The number of benzene rings is 3. The second kappa shape index (κ2) is 11.3. The largest absolute Gasteiger partial charge is 0.507 e. The Morgan fingerprint density at radius 2 is 1.42 bits per heavy atom. The third-order valence-electron chi connectivity index (χ3n) is 6.89. The van der Waals surface area contributed by atoms with E-state index in [0.29, 0.717) is 14.3 Å². The molecule has 0 saturated carbocycles. The van der Waals surface area contributed by atoms with Gasteiger partial charge in [-0.2, -0.15) is 0 Å². The molecule has 192 valence electrons. The highest BCUT2D eigenvalue weighted by atomic mass is 31.1. The average molecular weight is 502 g/mol. The molecule has 0 saturated heterocycles. The molecule has 0 aliphatic carbocycles. The van der Waals surface area contributed by atoms with Gasteiger partial charge < -0.3 is 5.11 Å². The summed E-state index contributed by atoms with van der Waals surface area (Å²) in [5.41, 5.74) is 5.36. The summed E-state index contributed by atoms with van der Waals surface area (Å²) in [4.78, 5) is 4.74. The third-order valence-corrected chi connectivity index (χ3v) is 8.68. The van der Waals surface area contributed by atoms with E-state index in [1.165, 1.54) is 10.9 Å². The van der Waals surface area contributed by atoms with Gasteiger partial charge in [-0.1, -0.05) is 131 Å². The highest BCUT2D eigenvalue weighted by Crippen LogP contribution is 2.51. The van der Waals surface area contributed by atoms with Crippen LogP contribution in [0.5, 0.6) is 5.75 Å². The summed E-state index contributed by atoms with van der Waals surface area (Å²) in [5.74, 6) is 0.469. The van der Waals surface area contributed by atoms with Crippen LogP contribution in [-0.2, 0) is 16.0 Å². The fourth-order valence-corrected chi connectivity index (χ4v) is 6.23. The molecule has 0 radical (unpaired) electrons. The number of unbranched alkanes of at least 4 members (excludes halogenated alkanes) is 1. The maximum absolute atomic E-state index is 11.7. The van der Waals surface area contributed by atoms with Gasteiger partial charge in [0.1, 0.15) is 5.75 Å². The van der Waals surface area contributed by atoms with Gasteiger partial charge in [0.2, 0.25) is 0 Å². The van der Waals surface area contributed by atoms with Crippen molar-refractivity contribution in [1.82, 2.24) is 0 Å².